The van der Waals surface area contributed by atoms with Gasteiger partial charge in [-0.2, -0.15) is 13.2 Å². The van der Waals surface area contributed by atoms with Gasteiger partial charge < -0.3 is 4.84 Å². The largest absolute Gasteiger partial charge is 0.416 e. The smallest absolute Gasteiger partial charge is 0.391 e. The molecule has 6 heteroatoms. The SMILES string of the molecule is CC(=NOCc1ccc(C(F)(F)F)cc1)c1ccccn1. The van der Waals surface area contributed by atoms with E-state index >= 15 is 0 Å². The van der Waals surface area contributed by atoms with E-state index < -0.39 is 11.7 Å². The number of hydrogen-bond acceptors (Lipinski definition) is 3. The second-order valence-electron chi connectivity index (χ2n) is 4.36. The molecule has 0 aliphatic carbocycles. The van der Waals surface area contributed by atoms with Crippen LogP contribution >= 0.6 is 0 Å². The van der Waals surface area contributed by atoms with Gasteiger partial charge in [-0.3, -0.25) is 4.98 Å². The maximum atomic E-state index is 12.4. The van der Waals surface area contributed by atoms with Crippen molar-refractivity contribution in [2.75, 3.05) is 0 Å². The zero-order chi connectivity index (χ0) is 15.3. The third kappa shape index (κ3) is 4.30. The van der Waals surface area contributed by atoms with E-state index in [0.717, 1.165) is 12.1 Å². The third-order valence-electron chi connectivity index (χ3n) is 2.75. The lowest BCUT2D eigenvalue weighted by atomic mass is 10.1. The number of hydrogen-bond donors (Lipinski definition) is 0. The van der Waals surface area contributed by atoms with Gasteiger partial charge in [0, 0.05) is 6.20 Å². The Hall–Kier alpha value is -2.37. The summed E-state index contributed by atoms with van der Waals surface area (Å²) in [7, 11) is 0. The molecular formula is C15H13F3N2O. The highest BCUT2D eigenvalue weighted by Gasteiger charge is 2.29. The van der Waals surface area contributed by atoms with Gasteiger partial charge in [0.05, 0.1) is 11.3 Å². The summed E-state index contributed by atoms with van der Waals surface area (Å²) in [4.78, 5) is 9.24. The molecule has 2 rings (SSSR count). The molecule has 0 atom stereocenters. The third-order valence-corrected chi connectivity index (χ3v) is 2.75. The number of benzene rings is 1. The van der Waals surface area contributed by atoms with Crippen molar-refractivity contribution in [1.82, 2.24) is 4.98 Å². The van der Waals surface area contributed by atoms with Crippen molar-refractivity contribution >= 4 is 5.71 Å². The molecule has 0 saturated carbocycles. The summed E-state index contributed by atoms with van der Waals surface area (Å²) < 4.78 is 37.2. The molecule has 0 N–H and O–H groups in total. The number of alkyl halides is 3. The van der Waals surface area contributed by atoms with Crippen LogP contribution in [-0.2, 0) is 17.6 Å². The molecule has 0 unspecified atom stereocenters. The average molecular weight is 294 g/mol. The Kier molecular flexibility index (Phi) is 4.57. The Morgan fingerprint density at radius 3 is 2.43 bits per heavy atom. The van der Waals surface area contributed by atoms with Crippen molar-refractivity contribution in [2.24, 2.45) is 5.16 Å². The minimum absolute atomic E-state index is 0.0995. The molecule has 110 valence electrons. The van der Waals surface area contributed by atoms with Crippen LogP contribution in [0.25, 0.3) is 0 Å². The number of aromatic nitrogens is 1. The van der Waals surface area contributed by atoms with Gasteiger partial charge in [-0.05, 0) is 36.8 Å². The summed E-state index contributed by atoms with van der Waals surface area (Å²) in [6.45, 7) is 1.84. The standard InChI is InChI=1S/C15H13F3N2O/c1-11(14-4-2-3-9-19-14)20-21-10-12-5-7-13(8-6-12)15(16,17)18/h2-9H,10H2,1H3. The quantitative estimate of drug-likeness (QED) is 0.630. The van der Waals surface area contributed by atoms with E-state index in [1.165, 1.54) is 12.1 Å². The van der Waals surface area contributed by atoms with Crippen molar-refractivity contribution in [2.45, 2.75) is 19.7 Å². The Balaban J connectivity index is 1.95. The summed E-state index contributed by atoms with van der Waals surface area (Å²) in [6, 6.07) is 10.2. The van der Waals surface area contributed by atoms with E-state index in [9.17, 15) is 13.2 Å². The Morgan fingerprint density at radius 1 is 1.14 bits per heavy atom. The highest BCUT2D eigenvalue weighted by atomic mass is 19.4. The Bertz CT molecular complexity index is 607. The fourth-order valence-electron chi connectivity index (χ4n) is 1.62. The number of halogens is 3. The lowest BCUT2D eigenvalue weighted by Crippen LogP contribution is -2.04. The van der Waals surface area contributed by atoms with Gasteiger partial charge in [-0.15, -0.1) is 0 Å². The van der Waals surface area contributed by atoms with Crippen LogP contribution in [0, 0.1) is 0 Å². The Labute approximate surface area is 120 Å². The van der Waals surface area contributed by atoms with E-state index in [1.54, 1.807) is 25.3 Å². The van der Waals surface area contributed by atoms with E-state index in [0.29, 0.717) is 17.0 Å². The maximum absolute atomic E-state index is 12.4. The summed E-state index contributed by atoms with van der Waals surface area (Å²) in [5.74, 6) is 0. The van der Waals surface area contributed by atoms with Crippen molar-refractivity contribution in [3.05, 3.63) is 65.5 Å². The predicted molar refractivity (Wildman–Crippen MR) is 72.7 cm³/mol. The van der Waals surface area contributed by atoms with E-state index in [4.69, 9.17) is 4.84 Å². The molecule has 3 nitrogen and oxygen atoms in total. The first-order valence-electron chi connectivity index (χ1n) is 6.21. The molecule has 1 aromatic carbocycles. The average Bonchev–Trinajstić information content (AvgIpc) is 2.47. The van der Waals surface area contributed by atoms with E-state index in [-0.39, 0.29) is 6.61 Å². The van der Waals surface area contributed by atoms with Crippen LogP contribution in [-0.4, -0.2) is 10.7 Å². The van der Waals surface area contributed by atoms with Crippen molar-refractivity contribution in [1.29, 1.82) is 0 Å². The molecule has 0 spiro atoms. The lowest BCUT2D eigenvalue weighted by Gasteiger charge is -2.07. The molecule has 1 aromatic heterocycles. The molecule has 0 aliphatic heterocycles. The molecule has 0 fully saturated rings. The number of oxime groups is 1. The van der Waals surface area contributed by atoms with E-state index in [2.05, 4.69) is 10.1 Å². The first-order chi connectivity index (χ1) is 9.97. The normalized spacial score (nSPS) is 12.3. The molecule has 0 bridgehead atoms. The lowest BCUT2D eigenvalue weighted by molar-refractivity contribution is -0.137. The first-order valence-corrected chi connectivity index (χ1v) is 6.21. The van der Waals surface area contributed by atoms with Crippen LogP contribution in [0.4, 0.5) is 13.2 Å². The van der Waals surface area contributed by atoms with Crippen LogP contribution in [0.3, 0.4) is 0 Å². The molecule has 2 aromatic rings. The summed E-state index contributed by atoms with van der Waals surface area (Å²) in [5.41, 5.74) is 1.22. The van der Waals surface area contributed by atoms with Crippen LogP contribution in [0.1, 0.15) is 23.7 Å². The monoisotopic (exact) mass is 294 g/mol. The van der Waals surface area contributed by atoms with Gasteiger partial charge in [-0.1, -0.05) is 23.4 Å². The molecule has 0 aliphatic rings. The minimum Gasteiger partial charge on any atom is -0.391 e. The van der Waals surface area contributed by atoms with Crippen LogP contribution < -0.4 is 0 Å². The fourth-order valence-corrected chi connectivity index (χ4v) is 1.62. The number of pyridine rings is 1. The van der Waals surface area contributed by atoms with Gasteiger partial charge >= 0.3 is 6.18 Å². The van der Waals surface area contributed by atoms with Crippen LogP contribution in [0.15, 0.2) is 53.8 Å². The second-order valence-corrected chi connectivity index (χ2v) is 4.36. The predicted octanol–water partition coefficient (Wildman–Crippen LogP) is 4.04. The van der Waals surface area contributed by atoms with Crippen LogP contribution in [0.5, 0.6) is 0 Å². The topological polar surface area (TPSA) is 34.5 Å². The van der Waals surface area contributed by atoms with Gasteiger partial charge in [-0.25, -0.2) is 0 Å². The molecular weight excluding hydrogens is 281 g/mol. The zero-order valence-corrected chi connectivity index (χ0v) is 11.3. The summed E-state index contributed by atoms with van der Waals surface area (Å²) in [5, 5.41) is 3.89. The zero-order valence-electron chi connectivity index (χ0n) is 11.3. The highest BCUT2D eigenvalue weighted by Crippen LogP contribution is 2.29. The van der Waals surface area contributed by atoms with Gasteiger partial charge in [0.2, 0.25) is 0 Å². The van der Waals surface area contributed by atoms with Crippen LogP contribution in [0.2, 0.25) is 0 Å². The summed E-state index contributed by atoms with van der Waals surface area (Å²) in [6.07, 6.45) is -2.68. The number of nitrogens with zero attached hydrogens (tertiary/aromatic N) is 2. The van der Waals surface area contributed by atoms with Gasteiger partial charge in [0.1, 0.15) is 12.3 Å². The maximum Gasteiger partial charge on any atom is 0.416 e. The van der Waals surface area contributed by atoms with Crippen molar-refractivity contribution in [3.8, 4) is 0 Å². The number of rotatable bonds is 4. The second kappa shape index (κ2) is 6.39. The molecule has 1 heterocycles. The molecule has 0 saturated heterocycles. The fraction of sp³-hybridized carbons (Fsp3) is 0.200. The summed E-state index contributed by atoms with van der Waals surface area (Å²) >= 11 is 0. The minimum atomic E-state index is -4.33. The van der Waals surface area contributed by atoms with Gasteiger partial charge in [0.15, 0.2) is 0 Å². The molecule has 21 heavy (non-hydrogen) atoms. The molecule has 0 amide bonds. The van der Waals surface area contributed by atoms with Gasteiger partial charge in [0.25, 0.3) is 0 Å². The highest BCUT2D eigenvalue weighted by molar-refractivity contribution is 5.96. The first kappa shape index (κ1) is 15.0. The van der Waals surface area contributed by atoms with Crippen molar-refractivity contribution in [3.63, 3.8) is 0 Å². The van der Waals surface area contributed by atoms with E-state index in [1.807, 2.05) is 6.07 Å². The Morgan fingerprint density at radius 2 is 1.86 bits per heavy atom. The molecule has 0 radical (unpaired) electrons. The van der Waals surface area contributed by atoms with Crippen molar-refractivity contribution < 1.29 is 18.0 Å².